The first kappa shape index (κ1) is 13.6. The van der Waals surface area contributed by atoms with Crippen LogP contribution in [0.25, 0.3) is 0 Å². The Hall–Kier alpha value is -1.82. The van der Waals surface area contributed by atoms with Gasteiger partial charge in [-0.05, 0) is 19.4 Å². The molecule has 0 radical (unpaired) electrons. The lowest BCUT2D eigenvalue weighted by Gasteiger charge is -2.03. The molecule has 0 bridgehead atoms. The highest BCUT2D eigenvalue weighted by molar-refractivity contribution is 7.92. The summed E-state index contributed by atoms with van der Waals surface area (Å²) in [5.74, 6) is 0.0516. The van der Waals surface area contributed by atoms with Crippen LogP contribution in [0.3, 0.4) is 0 Å². The van der Waals surface area contributed by atoms with E-state index >= 15 is 0 Å². The van der Waals surface area contributed by atoms with E-state index in [4.69, 9.17) is 0 Å². The molecule has 0 spiro atoms. The summed E-state index contributed by atoms with van der Waals surface area (Å²) in [6.45, 7) is 4.25. The van der Waals surface area contributed by atoms with Crippen molar-refractivity contribution in [2.24, 2.45) is 0 Å². The van der Waals surface area contributed by atoms with Crippen LogP contribution in [0.4, 0.5) is 5.69 Å². The molecule has 0 amide bonds. The molecule has 1 heterocycles. The van der Waals surface area contributed by atoms with Gasteiger partial charge < -0.3 is 0 Å². The molecule has 0 fully saturated rings. The molecule has 102 valence electrons. The minimum atomic E-state index is -3.24. The smallest absolute Gasteiger partial charge is 0.232 e. The number of hydrogen-bond donors (Lipinski definition) is 1. The number of anilines is 1. The van der Waals surface area contributed by atoms with E-state index in [1.807, 2.05) is 25.1 Å². The SMILES string of the molecule is CCS(=O)(=O)Nc1cnn(Cc2cccc(C)c2)c1. The molecule has 0 saturated heterocycles. The molecule has 0 saturated carbocycles. The lowest BCUT2D eigenvalue weighted by atomic mass is 10.1. The van der Waals surface area contributed by atoms with Crippen LogP contribution in [-0.4, -0.2) is 24.0 Å². The molecule has 5 nitrogen and oxygen atoms in total. The Bertz CT molecular complexity index is 662. The molecule has 0 aliphatic carbocycles. The van der Waals surface area contributed by atoms with Crippen molar-refractivity contribution in [3.63, 3.8) is 0 Å². The predicted octanol–water partition coefficient (Wildman–Crippen LogP) is 2.00. The second-order valence-electron chi connectivity index (χ2n) is 4.42. The third-order valence-corrected chi connectivity index (χ3v) is 4.02. The number of aromatic nitrogens is 2. The molecule has 2 rings (SSSR count). The Morgan fingerprint density at radius 3 is 2.84 bits per heavy atom. The number of nitrogens with one attached hydrogen (secondary N) is 1. The molecular formula is C13H17N3O2S. The van der Waals surface area contributed by atoms with Crippen molar-refractivity contribution in [3.8, 4) is 0 Å². The maximum Gasteiger partial charge on any atom is 0.232 e. The van der Waals surface area contributed by atoms with E-state index in [2.05, 4.69) is 15.9 Å². The van der Waals surface area contributed by atoms with Gasteiger partial charge in [-0.2, -0.15) is 5.10 Å². The second kappa shape index (κ2) is 5.44. The first-order valence-corrected chi connectivity index (χ1v) is 7.72. The second-order valence-corrected chi connectivity index (χ2v) is 6.43. The van der Waals surface area contributed by atoms with Gasteiger partial charge in [-0.15, -0.1) is 0 Å². The fourth-order valence-corrected chi connectivity index (χ4v) is 2.36. The molecule has 0 aliphatic heterocycles. The van der Waals surface area contributed by atoms with E-state index in [0.717, 1.165) is 5.56 Å². The van der Waals surface area contributed by atoms with Gasteiger partial charge in [0.15, 0.2) is 0 Å². The third-order valence-electron chi connectivity index (χ3n) is 2.71. The van der Waals surface area contributed by atoms with Crippen molar-refractivity contribution in [1.82, 2.24) is 9.78 Å². The van der Waals surface area contributed by atoms with Crippen molar-refractivity contribution >= 4 is 15.7 Å². The van der Waals surface area contributed by atoms with Gasteiger partial charge in [0.2, 0.25) is 10.0 Å². The van der Waals surface area contributed by atoms with Crippen molar-refractivity contribution in [2.45, 2.75) is 20.4 Å². The third kappa shape index (κ3) is 3.82. The van der Waals surface area contributed by atoms with E-state index in [9.17, 15) is 8.42 Å². The van der Waals surface area contributed by atoms with E-state index in [1.54, 1.807) is 17.8 Å². The first-order valence-electron chi connectivity index (χ1n) is 6.07. The normalized spacial score (nSPS) is 11.5. The minimum Gasteiger partial charge on any atom is -0.280 e. The molecule has 0 aliphatic rings. The van der Waals surface area contributed by atoms with Gasteiger partial charge >= 0.3 is 0 Å². The van der Waals surface area contributed by atoms with E-state index < -0.39 is 10.0 Å². The number of hydrogen-bond acceptors (Lipinski definition) is 3. The molecule has 0 atom stereocenters. The summed E-state index contributed by atoms with van der Waals surface area (Å²) in [4.78, 5) is 0. The number of rotatable bonds is 5. The Balaban J connectivity index is 2.10. The lowest BCUT2D eigenvalue weighted by Crippen LogP contribution is -2.14. The maximum atomic E-state index is 11.4. The van der Waals surface area contributed by atoms with E-state index in [1.165, 1.54) is 11.8 Å². The summed E-state index contributed by atoms with van der Waals surface area (Å²) >= 11 is 0. The van der Waals surface area contributed by atoms with Crippen LogP contribution in [-0.2, 0) is 16.6 Å². The van der Waals surface area contributed by atoms with E-state index in [-0.39, 0.29) is 5.75 Å². The van der Waals surface area contributed by atoms with Crippen LogP contribution in [0, 0.1) is 6.92 Å². The summed E-state index contributed by atoms with van der Waals surface area (Å²) in [5.41, 5.74) is 2.82. The van der Waals surface area contributed by atoms with Crippen LogP contribution in [0.5, 0.6) is 0 Å². The molecule has 2 aromatic rings. The van der Waals surface area contributed by atoms with Gasteiger partial charge in [-0.1, -0.05) is 29.8 Å². The average molecular weight is 279 g/mol. The number of nitrogens with zero attached hydrogens (tertiary/aromatic N) is 2. The highest BCUT2D eigenvalue weighted by Crippen LogP contribution is 2.10. The highest BCUT2D eigenvalue weighted by Gasteiger charge is 2.08. The van der Waals surface area contributed by atoms with Crippen molar-refractivity contribution in [2.75, 3.05) is 10.5 Å². The zero-order valence-corrected chi connectivity index (χ0v) is 11.8. The summed E-state index contributed by atoms with van der Waals surface area (Å²) in [6.07, 6.45) is 3.21. The van der Waals surface area contributed by atoms with E-state index in [0.29, 0.717) is 12.2 Å². The highest BCUT2D eigenvalue weighted by atomic mass is 32.2. The fraction of sp³-hybridized carbons (Fsp3) is 0.308. The summed E-state index contributed by atoms with van der Waals surface area (Å²) in [6, 6.07) is 8.13. The Morgan fingerprint density at radius 1 is 1.37 bits per heavy atom. The Kier molecular flexibility index (Phi) is 3.90. The van der Waals surface area contributed by atoms with Crippen molar-refractivity contribution < 1.29 is 8.42 Å². The molecule has 1 aromatic heterocycles. The predicted molar refractivity (Wildman–Crippen MR) is 75.6 cm³/mol. The first-order chi connectivity index (χ1) is 8.98. The Labute approximate surface area is 113 Å². The van der Waals surface area contributed by atoms with Gasteiger partial charge in [0, 0.05) is 6.20 Å². The molecule has 6 heteroatoms. The van der Waals surface area contributed by atoms with Gasteiger partial charge in [-0.25, -0.2) is 8.42 Å². The fourth-order valence-electron chi connectivity index (χ4n) is 1.75. The Morgan fingerprint density at radius 2 is 2.16 bits per heavy atom. The monoisotopic (exact) mass is 279 g/mol. The number of sulfonamides is 1. The van der Waals surface area contributed by atoms with Gasteiger partial charge in [-0.3, -0.25) is 9.40 Å². The van der Waals surface area contributed by atoms with Crippen LogP contribution >= 0.6 is 0 Å². The van der Waals surface area contributed by atoms with Gasteiger partial charge in [0.25, 0.3) is 0 Å². The standard InChI is InChI=1S/C13H17N3O2S/c1-3-19(17,18)15-13-8-14-16(10-13)9-12-6-4-5-11(2)7-12/h4-8,10,15H,3,9H2,1-2H3. The quantitative estimate of drug-likeness (QED) is 0.910. The maximum absolute atomic E-state index is 11.4. The van der Waals surface area contributed by atoms with Crippen molar-refractivity contribution in [1.29, 1.82) is 0 Å². The molecular weight excluding hydrogens is 262 g/mol. The van der Waals surface area contributed by atoms with Crippen LogP contribution in [0.15, 0.2) is 36.7 Å². The summed E-state index contributed by atoms with van der Waals surface area (Å²) in [5, 5.41) is 4.15. The van der Waals surface area contributed by atoms with Crippen LogP contribution < -0.4 is 4.72 Å². The number of benzene rings is 1. The molecule has 1 N–H and O–H groups in total. The zero-order valence-electron chi connectivity index (χ0n) is 11.0. The molecule has 1 aromatic carbocycles. The topological polar surface area (TPSA) is 64.0 Å². The minimum absolute atomic E-state index is 0.0516. The van der Waals surface area contributed by atoms with Crippen LogP contribution in [0.2, 0.25) is 0 Å². The number of aryl methyl sites for hydroxylation is 1. The molecule has 0 unspecified atom stereocenters. The summed E-state index contributed by atoms with van der Waals surface area (Å²) in [7, 11) is -3.24. The average Bonchev–Trinajstić information content (AvgIpc) is 2.76. The summed E-state index contributed by atoms with van der Waals surface area (Å²) < 4.78 is 27.1. The van der Waals surface area contributed by atoms with Gasteiger partial charge in [0.05, 0.1) is 24.2 Å². The van der Waals surface area contributed by atoms with Crippen molar-refractivity contribution in [3.05, 3.63) is 47.8 Å². The molecule has 19 heavy (non-hydrogen) atoms. The van der Waals surface area contributed by atoms with Crippen LogP contribution in [0.1, 0.15) is 18.1 Å². The largest absolute Gasteiger partial charge is 0.280 e. The van der Waals surface area contributed by atoms with Gasteiger partial charge in [0.1, 0.15) is 0 Å². The zero-order chi connectivity index (χ0) is 13.9. The lowest BCUT2D eigenvalue weighted by molar-refractivity contribution is 0.602.